The number of nitrogens with zero attached hydrogens (tertiary/aromatic N) is 1. The molecule has 0 aliphatic heterocycles. The van der Waals surface area contributed by atoms with Crippen molar-refractivity contribution in [1.29, 1.82) is 0 Å². The molecule has 6 rings (SSSR count). The third-order valence-electron chi connectivity index (χ3n) is 6.08. The van der Waals surface area contributed by atoms with Gasteiger partial charge in [0.2, 0.25) is 5.89 Å². The third kappa shape index (κ3) is 4.77. The summed E-state index contributed by atoms with van der Waals surface area (Å²) in [5.74, 6) is 1.06. The van der Waals surface area contributed by atoms with Crippen LogP contribution in [0.5, 0.6) is 5.75 Å². The highest BCUT2D eigenvalue weighted by Gasteiger charge is 2.14. The molecule has 5 aromatic carbocycles. The van der Waals surface area contributed by atoms with Gasteiger partial charge >= 0.3 is 0 Å². The maximum Gasteiger partial charge on any atom is 0.255 e. The van der Waals surface area contributed by atoms with Crippen LogP contribution in [0.3, 0.4) is 0 Å². The Morgan fingerprint density at radius 1 is 0.838 bits per heavy atom. The number of fused-ring (bicyclic) bond motifs is 2. The summed E-state index contributed by atoms with van der Waals surface area (Å²) in [6.07, 6.45) is 0. The van der Waals surface area contributed by atoms with Crippen molar-refractivity contribution < 1.29 is 13.9 Å². The van der Waals surface area contributed by atoms with E-state index >= 15 is 0 Å². The lowest BCUT2D eigenvalue weighted by molar-refractivity contribution is 0.102. The van der Waals surface area contributed by atoms with Crippen LogP contribution < -0.4 is 10.1 Å². The molecule has 0 unspecified atom stereocenters. The predicted molar refractivity (Wildman–Crippen MR) is 147 cm³/mol. The van der Waals surface area contributed by atoms with Crippen molar-refractivity contribution in [2.24, 2.45) is 0 Å². The number of anilines is 1. The molecule has 1 aromatic heterocycles. The number of amides is 1. The average molecular weight is 505 g/mol. The van der Waals surface area contributed by atoms with Gasteiger partial charge in [-0.3, -0.25) is 4.79 Å². The van der Waals surface area contributed by atoms with Gasteiger partial charge in [0.15, 0.2) is 5.58 Å². The minimum Gasteiger partial charge on any atom is -0.489 e. The Balaban J connectivity index is 1.22. The van der Waals surface area contributed by atoms with Crippen molar-refractivity contribution >= 4 is 45.1 Å². The Kier molecular flexibility index (Phi) is 6.05. The van der Waals surface area contributed by atoms with Crippen LogP contribution in [0.2, 0.25) is 5.02 Å². The average Bonchev–Trinajstić information content (AvgIpc) is 3.36. The molecule has 0 bridgehead atoms. The molecule has 1 amide bonds. The molecule has 0 saturated carbocycles. The van der Waals surface area contributed by atoms with Crippen molar-refractivity contribution in [2.45, 2.75) is 6.61 Å². The number of hydrogen-bond donors (Lipinski definition) is 1. The van der Waals surface area contributed by atoms with Crippen LogP contribution in [0.4, 0.5) is 5.69 Å². The van der Waals surface area contributed by atoms with Crippen molar-refractivity contribution in [1.82, 2.24) is 4.98 Å². The number of rotatable bonds is 6. The number of ether oxygens (including phenoxy) is 1. The highest BCUT2D eigenvalue weighted by atomic mass is 35.5. The van der Waals surface area contributed by atoms with Gasteiger partial charge in [-0.15, -0.1) is 0 Å². The molecule has 0 fully saturated rings. The number of halogens is 1. The van der Waals surface area contributed by atoms with Crippen LogP contribution in [-0.4, -0.2) is 10.9 Å². The van der Waals surface area contributed by atoms with Gasteiger partial charge in [-0.1, -0.05) is 66.2 Å². The second-order valence-corrected chi connectivity index (χ2v) is 9.01. The summed E-state index contributed by atoms with van der Waals surface area (Å²) in [6.45, 7) is 0.373. The SMILES string of the molecule is O=C(Nc1ccc2oc(-c3cccc4c(Cl)cccc34)nc2c1)c1cccc(COc2ccccc2)c1. The molecule has 6 heteroatoms. The minimum absolute atomic E-state index is 0.215. The van der Waals surface area contributed by atoms with Gasteiger partial charge in [0, 0.05) is 27.2 Å². The van der Waals surface area contributed by atoms with Gasteiger partial charge in [-0.2, -0.15) is 0 Å². The fraction of sp³-hybridized carbons (Fsp3) is 0.0323. The summed E-state index contributed by atoms with van der Waals surface area (Å²) in [5, 5.41) is 5.54. The van der Waals surface area contributed by atoms with Crippen LogP contribution in [0.25, 0.3) is 33.3 Å². The Hall–Kier alpha value is -4.61. The maximum atomic E-state index is 13.0. The number of para-hydroxylation sites is 1. The number of nitrogens with one attached hydrogen (secondary N) is 1. The summed E-state index contributed by atoms with van der Waals surface area (Å²) in [5.41, 5.74) is 4.22. The number of carbonyl (C=O) groups excluding carboxylic acids is 1. The zero-order valence-electron chi connectivity index (χ0n) is 19.6. The van der Waals surface area contributed by atoms with Crippen molar-refractivity contribution in [3.05, 3.63) is 125 Å². The van der Waals surface area contributed by atoms with E-state index in [-0.39, 0.29) is 5.91 Å². The van der Waals surface area contributed by atoms with E-state index in [1.54, 1.807) is 18.2 Å². The number of hydrogen-bond acceptors (Lipinski definition) is 4. The number of carbonyl (C=O) groups is 1. The Morgan fingerprint density at radius 2 is 1.65 bits per heavy atom. The second-order valence-electron chi connectivity index (χ2n) is 8.60. The highest BCUT2D eigenvalue weighted by Crippen LogP contribution is 2.34. The number of aromatic nitrogens is 1. The molecule has 0 aliphatic rings. The molecular formula is C31H21ClN2O3. The van der Waals surface area contributed by atoms with E-state index in [9.17, 15) is 4.79 Å². The van der Waals surface area contributed by atoms with Gasteiger partial charge in [-0.25, -0.2) is 4.98 Å². The first-order valence-electron chi connectivity index (χ1n) is 11.8. The summed E-state index contributed by atoms with van der Waals surface area (Å²) >= 11 is 6.37. The summed E-state index contributed by atoms with van der Waals surface area (Å²) in [7, 11) is 0. The first-order valence-corrected chi connectivity index (χ1v) is 12.2. The Bertz CT molecular complexity index is 1740. The summed E-state index contributed by atoms with van der Waals surface area (Å²) < 4.78 is 11.9. The van der Waals surface area contributed by atoms with Gasteiger partial charge in [0.1, 0.15) is 17.9 Å². The molecule has 5 nitrogen and oxygen atoms in total. The monoisotopic (exact) mass is 504 g/mol. The van der Waals surface area contributed by atoms with E-state index in [4.69, 9.17) is 25.7 Å². The largest absolute Gasteiger partial charge is 0.489 e. The molecule has 0 radical (unpaired) electrons. The molecular weight excluding hydrogens is 484 g/mol. The fourth-order valence-corrected chi connectivity index (χ4v) is 4.51. The molecule has 0 spiro atoms. The summed E-state index contributed by atoms with van der Waals surface area (Å²) in [4.78, 5) is 17.7. The van der Waals surface area contributed by atoms with Crippen LogP contribution in [-0.2, 0) is 6.61 Å². The second kappa shape index (κ2) is 9.80. The topological polar surface area (TPSA) is 64.4 Å². The first-order chi connectivity index (χ1) is 18.1. The number of benzene rings is 5. The molecule has 37 heavy (non-hydrogen) atoms. The van der Waals surface area contributed by atoms with Crippen LogP contribution in [0, 0.1) is 0 Å². The standard InChI is InChI=1S/C31H21ClN2O3/c32-27-14-6-11-24-25(27)12-5-13-26(24)31-34-28-18-22(15-16-29(28)37-31)33-30(35)21-8-4-7-20(17-21)19-36-23-9-2-1-3-10-23/h1-18H,19H2,(H,33,35). The lowest BCUT2D eigenvalue weighted by Crippen LogP contribution is -2.12. The minimum atomic E-state index is -0.215. The van der Waals surface area contributed by atoms with Gasteiger partial charge in [0.25, 0.3) is 5.91 Å². The molecule has 0 aliphatic carbocycles. The lowest BCUT2D eigenvalue weighted by Gasteiger charge is -2.09. The molecule has 0 atom stereocenters. The molecule has 6 aromatic rings. The lowest BCUT2D eigenvalue weighted by atomic mass is 10.0. The first kappa shape index (κ1) is 22.8. The molecule has 180 valence electrons. The Labute approximate surface area is 218 Å². The van der Waals surface area contributed by atoms with Crippen LogP contribution in [0.15, 0.2) is 114 Å². The van der Waals surface area contributed by atoms with E-state index in [0.29, 0.717) is 39.9 Å². The summed E-state index contributed by atoms with van der Waals surface area (Å²) in [6, 6.07) is 34.0. The maximum absolute atomic E-state index is 13.0. The van der Waals surface area contributed by atoms with E-state index in [0.717, 1.165) is 27.6 Å². The van der Waals surface area contributed by atoms with Gasteiger partial charge < -0.3 is 14.5 Å². The molecule has 1 N–H and O–H groups in total. The third-order valence-corrected chi connectivity index (χ3v) is 6.41. The van der Waals surface area contributed by atoms with E-state index < -0.39 is 0 Å². The highest BCUT2D eigenvalue weighted by molar-refractivity contribution is 6.35. The normalized spacial score (nSPS) is 11.1. The molecule has 1 heterocycles. The van der Waals surface area contributed by atoms with Gasteiger partial charge in [-0.05, 0) is 65.5 Å². The van der Waals surface area contributed by atoms with E-state index in [1.165, 1.54) is 0 Å². The Morgan fingerprint density at radius 3 is 2.54 bits per heavy atom. The predicted octanol–water partition coefficient (Wildman–Crippen LogP) is 8.13. The smallest absolute Gasteiger partial charge is 0.255 e. The van der Waals surface area contributed by atoms with E-state index in [2.05, 4.69) is 5.32 Å². The van der Waals surface area contributed by atoms with Crippen molar-refractivity contribution in [3.63, 3.8) is 0 Å². The fourth-order valence-electron chi connectivity index (χ4n) is 4.27. The van der Waals surface area contributed by atoms with Crippen molar-refractivity contribution in [3.8, 4) is 17.2 Å². The molecule has 0 saturated heterocycles. The zero-order chi connectivity index (χ0) is 25.2. The van der Waals surface area contributed by atoms with Crippen LogP contribution in [0.1, 0.15) is 15.9 Å². The zero-order valence-corrected chi connectivity index (χ0v) is 20.4. The van der Waals surface area contributed by atoms with Crippen molar-refractivity contribution in [2.75, 3.05) is 5.32 Å². The van der Waals surface area contributed by atoms with E-state index in [1.807, 2.05) is 91.0 Å². The number of oxazole rings is 1. The quantitative estimate of drug-likeness (QED) is 0.248. The van der Waals surface area contributed by atoms with Gasteiger partial charge in [0.05, 0.1) is 0 Å². The van der Waals surface area contributed by atoms with Crippen LogP contribution >= 0.6 is 11.6 Å².